The second kappa shape index (κ2) is 7.33. The number of unbranched alkanes of at least 4 members (excludes halogenated alkanes) is 1. The molecule has 0 saturated heterocycles. The van der Waals surface area contributed by atoms with Crippen molar-refractivity contribution in [3.8, 4) is 5.75 Å². The van der Waals surface area contributed by atoms with Gasteiger partial charge in [-0.3, -0.25) is 4.98 Å². The Bertz CT molecular complexity index is 610. The standard InChI is InChI=1S/C15H16ClFN2O2/c1-2-3-8-21-12-9-10(4-5-11(12)17)14(20)13-15(16)19-7-6-18-13/h4-7,9,14,20H,2-3,8H2,1H3. The quantitative estimate of drug-likeness (QED) is 0.829. The third kappa shape index (κ3) is 3.89. The molecule has 0 amide bonds. The lowest BCUT2D eigenvalue weighted by Gasteiger charge is -2.13. The second-order valence-electron chi connectivity index (χ2n) is 4.53. The highest BCUT2D eigenvalue weighted by atomic mass is 35.5. The van der Waals surface area contributed by atoms with Gasteiger partial charge in [-0.2, -0.15) is 0 Å². The van der Waals surface area contributed by atoms with Crippen LogP contribution in [0.4, 0.5) is 4.39 Å². The summed E-state index contributed by atoms with van der Waals surface area (Å²) in [6.07, 6.45) is 3.58. The molecule has 2 aromatic rings. The summed E-state index contributed by atoms with van der Waals surface area (Å²) in [6, 6.07) is 4.18. The highest BCUT2D eigenvalue weighted by Gasteiger charge is 2.18. The number of hydrogen-bond donors (Lipinski definition) is 1. The van der Waals surface area contributed by atoms with Gasteiger partial charge < -0.3 is 9.84 Å². The number of aliphatic hydroxyl groups is 1. The Morgan fingerprint density at radius 2 is 2.10 bits per heavy atom. The van der Waals surface area contributed by atoms with Crippen molar-refractivity contribution >= 4 is 11.6 Å². The molecule has 1 unspecified atom stereocenters. The number of aliphatic hydroxyl groups excluding tert-OH is 1. The van der Waals surface area contributed by atoms with Gasteiger partial charge in [0.15, 0.2) is 16.7 Å². The summed E-state index contributed by atoms with van der Waals surface area (Å²) in [6.45, 7) is 2.45. The molecule has 1 atom stereocenters. The van der Waals surface area contributed by atoms with Gasteiger partial charge in [-0.15, -0.1) is 0 Å². The van der Waals surface area contributed by atoms with Crippen LogP contribution in [0.3, 0.4) is 0 Å². The van der Waals surface area contributed by atoms with Gasteiger partial charge in [-0.1, -0.05) is 31.0 Å². The zero-order chi connectivity index (χ0) is 15.2. The molecule has 0 saturated carbocycles. The number of halogens is 2. The van der Waals surface area contributed by atoms with Crippen molar-refractivity contribution in [3.05, 3.63) is 52.8 Å². The maximum Gasteiger partial charge on any atom is 0.165 e. The Labute approximate surface area is 127 Å². The average Bonchev–Trinajstić information content (AvgIpc) is 2.49. The van der Waals surface area contributed by atoms with Crippen LogP contribution in [0.15, 0.2) is 30.6 Å². The van der Waals surface area contributed by atoms with E-state index in [2.05, 4.69) is 9.97 Å². The second-order valence-corrected chi connectivity index (χ2v) is 4.88. The van der Waals surface area contributed by atoms with Crippen LogP contribution in [0.5, 0.6) is 5.75 Å². The monoisotopic (exact) mass is 310 g/mol. The largest absolute Gasteiger partial charge is 0.491 e. The zero-order valence-electron chi connectivity index (χ0n) is 11.6. The molecule has 0 aliphatic heterocycles. The molecule has 0 aliphatic rings. The number of aromatic nitrogens is 2. The summed E-state index contributed by atoms with van der Waals surface area (Å²) < 4.78 is 19.1. The maximum absolute atomic E-state index is 13.7. The van der Waals surface area contributed by atoms with E-state index in [9.17, 15) is 9.50 Å². The van der Waals surface area contributed by atoms with Crippen molar-refractivity contribution in [2.45, 2.75) is 25.9 Å². The molecule has 1 heterocycles. The summed E-state index contributed by atoms with van der Waals surface area (Å²) in [5.74, 6) is -0.354. The summed E-state index contributed by atoms with van der Waals surface area (Å²) in [5.41, 5.74) is 0.676. The maximum atomic E-state index is 13.7. The van der Waals surface area contributed by atoms with Crippen molar-refractivity contribution in [2.75, 3.05) is 6.61 Å². The van der Waals surface area contributed by atoms with E-state index in [4.69, 9.17) is 16.3 Å². The van der Waals surface area contributed by atoms with Gasteiger partial charge in [0.1, 0.15) is 11.8 Å². The van der Waals surface area contributed by atoms with E-state index in [0.29, 0.717) is 12.2 Å². The van der Waals surface area contributed by atoms with Gasteiger partial charge in [-0.05, 0) is 24.1 Å². The van der Waals surface area contributed by atoms with E-state index in [1.165, 1.54) is 30.6 Å². The fraction of sp³-hybridized carbons (Fsp3) is 0.333. The fourth-order valence-corrected chi connectivity index (χ4v) is 2.01. The third-order valence-electron chi connectivity index (χ3n) is 2.96. The van der Waals surface area contributed by atoms with E-state index in [-0.39, 0.29) is 16.6 Å². The molecule has 1 N–H and O–H groups in total. The molecule has 0 aliphatic carbocycles. The predicted octanol–water partition coefficient (Wildman–Crippen LogP) is 3.53. The van der Waals surface area contributed by atoms with Crippen molar-refractivity contribution in [1.29, 1.82) is 0 Å². The van der Waals surface area contributed by atoms with Crippen LogP contribution in [0, 0.1) is 5.82 Å². The highest BCUT2D eigenvalue weighted by molar-refractivity contribution is 6.30. The average molecular weight is 311 g/mol. The van der Waals surface area contributed by atoms with Crippen molar-refractivity contribution in [2.24, 2.45) is 0 Å². The minimum absolute atomic E-state index is 0.111. The van der Waals surface area contributed by atoms with Gasteiger partial charge in [0.2, 0.25) is 0 Å². The number of nitrogens with zero attached hydrogens (tertiary/aromatic N) is 2. The Kier molecular flexibility index (Phi) is 5.47. The van der Waals surface area contributed by atoms with Crippen LogP contribution in [-0.4, -0.2) is 21.7 Å². The molecule has 0 spiro atoms. The van der Waals surface area contributed by atoms with Crippen LogP contribution >= 0.6 is 11.6 Å². The number of ether oxygens (including phenoxy) is 1. The Balaban J connectivity index is 2.23. The topological polar surface area (TPSA) is 55.2 Å². The van der Waals surface area contributed by atoms with Crippen molar-refractivity contribution < 1.29 is 14.2 Å². The van der Waals surface area contributed by atoms with E-state index in [0.717, 1.165) is 12.8 Å². The third-order valence-corrected chi connectivity index (χ3v) is 3.26. The first-order chi connectivity index (χ1) is 10.1. The highest BCUT2D eigenvalue weighted by Crippen LogP contribution is 2.28. The molecule has 1 aromatic carbocycles. The normalized spacial score (nSPS) is 12.2. The van der Waals surface area contributed by atoms with Gasteiger partial charge >= 0.3 is 0 Å². The first kappa shape index (κ1) is 15.7. The summed E-state index contributed by atoms with van der Waals surface area (Å²) in [7, 11) is 0. The molecule has 0 fully saturated rings. The Hall–Kier alpha value is -1.72. The molecular formula is C15H16ClFN2O2. The first-order valence-electron chi connectivity index (χ1n) is 6.70. The van der Waals surface area contributed by atoms with E-state index < -0.39 is 11.9 Å². The Morgan fingerprint density at radius 3 is 2.81 bits per heavy atom. The van der Waals surface area contributed by atoms with Crippen molar-refractivity contribution in [1.82, 2.24) is 9.97 Å². The van der Waals surface area contributed by atoms with E-state index >= 15 is 0 Å². The van der Waals surface area contributed by atoms with E-state index in [1.807, 2.05) is 6.92 Å². The molecule has 112 valence electrons. The lowest BCUT2D eigenvalue weighted by atomic mass is 10.1. The minimum Gasteiger partial charge on any atom is -0.491 e. The van der Waals surface area contributed by atoms with Gasteiger partial charge in [-0.25, -0.2) is 9.37 Å². The SMILES string of the molecule is CCCCOc1cc(C(O)c2nccnc2Cl)ccc1F. The van der Waals surface area contributed by atoms with Crippen LogP contribution in [0.1, 0.15) is 37.1 Å². The smallest absolute Gasteiger partial charge is 0.165 e. The van der Waals surface area contributed by atoms with Gasteiger partial charge in [0.25, 0.3) is 0 Å². The van der Waals surface area contributed by atoms with Crippen LogP contribution in [0.2, 0.25) is 5.15 Å². The molecule has 1 aromatic heterocycles. The van der Waals surface area contributed by atoms with Crippen molar-refractivity contribution in [3.63, 3.8) is 0 Å². The van der Waals surface area contributed by atoms with Crippen LogP contribution in [0.25, 0.3) is 0 Å². The summed E-state index contributed by atoms with van der Waals surface area (Å²) in [5, 5.41) is 10.4. The number of benzene rings is 1. The molecule has 4 nitrogen and oxygen atoms in total. The molecular weight excluding hydrogens is 295 g/mol. The predicted molar refractivity (Wildman–Crippen MR) is 77.9 cm³/mol. The fourth-order valence-electron chi connectivity index (χ4n) is 1.80. The summed E-state index contributed by atoms with van der Waals surface area (Å²) >= 11 is 5.90. The Morgan fingerprint density at radius 1 is 1.33 bits per heavy atom. The lowest BCUT2D eigenvalue weighted by molar-refractivity contribution is 0.213. The molecule has 0 bridgehead atoms. The number of hydrogen-bond acceptors (Lipinski definition) is 4. The first-order valence-corrected chi connectivity index (χ1v) is 7.08. The lowest BCUT2D eigenvalue weighted by Crippen LogP contribution is -2.06. The molecule has 0 radical (unpaired) electrons. The number of rotatable bonds is 6. The minimum atomic E-state index is -1.08. The molecule has 6 heteroatoms. The van der Waals surface area contributed by atoms with Gasteiger partial charge in [0, 0.05) is 12.4 Å². The van der Waals surface area contributed by atoms with Gasteiger partial charge in [0.05, 0.1) is 6.61 Å². The zero-order valence-corrected chi connectivity index (χ0v) is 12.3. The molecule has 21 heavy (non-hydrogen) atoms. The molecule has 2 rings (SSSR count). The van der Waals surface area contributed by atoms with Crippen LogP contribution in [-0.2, 0) is 0 Å². The van der Waals surface area contributed by atoms with Crippen LogP contribution < -0.4 is 4.74 Å². The summed E-state index contributed by atoms with van der Waals surface area (Å²) in [4.78, 5) is 7.87. The van der Waals surface area contributed by atoms with E-state index in [1.54, 1.807) is 0 Å².